The van der Waals surface area contributed by atoms with Crippen LogP contribution in [0.1, 0.15) is 39.4 Å². The average Bonchev–Trinajstić information content (AvgIpc) is 2.69. The van der Waals surface area contributed by atoms with Gasteiger partial charge < -0.3 is 4.90 Å². The van der Waals surface area contributed by atoms with Gasteiger partial charge in [0.15, 0.2) is 0 Å². The summed E-state index contributed by atoms with van der Waals surface area (Å²) >= 11 is 0. The monoisotopic (exact) mass is 264 g/mol. The molecule has 0 spiro atoms. The number of carbonyl (C=O) groups excluding carboxylic acids is 1. The normalized spacial score (nSPS) is 21.8. The summed E-state index contributed by atoms with van der Waals surface area (Å²) in [5.41, 5.74) is 0.481. The second kappa shape index (κ2) is 4.93. The Balaban J connectivity index is 2.36. The maximum atomic E-state index is 13.9. The molecule has 0 aliphatic carbocycles. The molecule has 1 aliphatic heterocycles. The minimum Gasteiger partial charge on any atom is -0.318 e. The zero-order valence-electron chi connectivity index (χ0n) is 11.9. The Hall–Kier alpha value is -1.42. The molecule has 1 heterocycles. The van der Waals surface area contributed by atoms with Crippen LogP contribution in [0.25, 0.3) is 0 Å². The lowest BCUT2D eigenvalue weighted by Gasteiger charge is -2.38. The van der Waals surface area contributed by atoms with Crippen LogP contribution in [0.15, 0.2) is 24.3 Å². The van der Waals surface area contributed by atoms with Gasteiger partial charge in [0.05, 0.1) is 6.54 Å². The van der Waals surface area contributed by atoms with Crippen LogP contribution >= 0.6 is 0 Å². The summed E-state index contributed by atoms with van der Waals surface area (Å²) in [7, 11) is 0. The second-order valence-corrected chi connectivity index (χ2v) is 6.15. The molecule has 19 heavy (non-hydrogen) atoms. The van der Waals surface area contributed by atoms with Gasteiger partial charge in [-0.1, -0.05) is 39.0 Å². The van der Waals surface area contributed by atoms with E-state index < -0.39 is 0 Å². The van der Waals surface area contributed by atoms with Crippen molar-refractivity contribution in [2.45, 2.75) is 39.9 Å². The fourth-order valence-electron chi connectivity index (χ4n) is 2.33. The molecule has 0 aromatic heterocycles. The minimum absolute atomic E-state index is 0.0238. The largest absolute Gasteiger partial charge is 0.318 e. The van der Waals surface area contributed by atoms with Gasteiger partial charge in [-0.2, -0.15) is 0 Å². The van der Waals surface area contributed by atoms with Gasteiger partial charge in [0, 0.05) is 11.6 Å². The third-order valence-electron chi connectivity index (χ3n) is 3.88. The van der Waals surface area contributed by atoms with E-state index in [0.29, 0.717) is 5.56 Å². The first-order chi connectivity index (χ1) is 8.82. The molecule has 3 nitrogen and oxygen atoms in total. The van der Waals surface area contributed by atoms with Gasteiger partial charge in [-0.25, -0.2) is 4.39 Å². The molecule has 4 heteroatoms. The van der Waals surface area contributed by atoms with Crippen LogP contribution in [0.4, 0.5) is 4.39 Å². The molecule has 1 aromatic carbocycles. The number of nitrogens with zero attached hydrogens (tertiary/aromatic N) is 1. The molecule has 1 N–H and O–H groups in total. The Bertz CT molecular complexity index is 481. The summed E-state index contributed by atoms with van der Waals surface area (Å²) in [6.07, 6.45) is -0.372. The highest BCUT2D eigenvalue weighted by Crippen LogP contribution is 2.33. The van der Waals surface area contributed by atoms with Crippen LogP contribution in [0.5, 0.6) is 0 Å². The molecular formula is C15H21FN2O. The van der Waals surface area contributed by atoms with Crippen molar-refractivity contribution < 1.29 is 9.18 Å². The summed E-state index contributed by atoms with van der Waals surface area (Å²) in [4.78, 5) is 13.9. The number of nitrogens with one attached hydrogen (secondary N) is 1. The van der Waals surface area contributed by atoms with Crippen molar-refractivity contribution in [1.29, 1.82) is 0 Å². The van der Waals surface area contributed by atoms with Gasteiger partial charge in [0.1, 0.15) is 12.0 Å². The van der Waals surface area contributed by atoms with E-state index in [4.69, 9.17) is 0 Å². The molecule has 1 fully saturated rings. The summed E-state index contributed by atoms with van der Waals surface area (Å²) < 4.78 is 13.9. The minimum atomic E-state index is -0.372. The maximum Gasteiger partial charge on any atom is 0.238 e. The van der Waals surface area contributed by atoms with Crippen molar-refractivity contribution in [2.75, 3.05) is 6.54 Å². The molecule has 2 rings (SSSR count). The molecule has 1 aliphatic rings. The first kappa shape index (κ1) is 14.0. The molecule has 1 amide bonds. The Morgan fingerprint density at radius 3 is 2.58 bits per heavy atom. The van der Waals surface area contributed by atoms with Crippen molar-refractivity contribution >= 4 is 5.91 Å². The Morgan fingerprint density at radius 2 is 2.00 bits per heavy atom. The maximum absolute atomic E-state index is 13.9. The Kier molecular flexibility index (Phi) is 3.63. The summed E-state index contributed by atoms with van der Waals surface area (Å²) in [5, 5.41) is 3.10. The quantitative estimate of drug-likeness (QED) is 0.890. The molecule has 104 valence electrons. The van der Waals surface area contributed by atoms with Gasteiger partial charge in [-0.05, 0) is 18.4 Å². The first-order valence-electron chi connectivity index (χ1n) is 6.61. The summed E-state index contributed by atoms with van der Waals surface area (Å²) in [6, 6.07) is 6.64. The summed E-state index contributed by atoms with van der Waals surface area (Å²) in [6.45, 7) is 8.53. The van der Waals surface area contributed by atoms with E-state index in [2.05, 4.69) is 26.1 Å². The zero-order chi connectivity index (χ0) is 14.2. The van der Waals surface area contributed by atoms with E-state index in [0.717, 1.165) is 0 Å². The Morgan fingerprint density at radius 1 is 1.37 bits per heavy atom. The fraction of sp³-hybridized carbons (Fsp3) is 0.533. The topological polar surface area (TPSA) is 32.3 Å². The third-order valence-corrected chi connectivity index (χ3v) is 3.88. The highest BCUT2D eigenvalue weighted by molar-refractivity contribution is 5.81. The van der Waals surface area contributed by atoms with Crippen LogP contribution < -0.4 is 5.32 Å². The van der Waals surface area contributed by atoms with Gasteiger partial charge in [-0.15, -0.1) is 0 Å². The number of carbonyl (C=O) groups is 1. The van der Waals surface area contributed by atoms with E-state index >= 15 is 0 Å². The second-order valence-electron chi connectivity index (χ2n) is 6.15. The lowest BCUT2D eigenvalue weighted by atomic mass is 9.86. The SMILES string of the molecule is CC(N1C(=O)CNC1c1ccccc1F)C(C)(C)C. The van der Waals surface area contributed by atoms with Crippen molar-refractivity contribution in [3.05, 3.63) is 35.6 Å². The molecule has 0 radical (unpaired) electrons. The molecule has 1 saturated heterocycles. The number of halogens is 1. The highest BCUT2D eigenvalue weighted by Gasteiger charge is 2.40. The number of benzene rings is 1. The lowest BCUT2D eigenvalue weighted by molar-refractivity contribution is -0.132. The molecule has 2 unspecified atom stereocenters. The van der Waals surface area contributed by atoms with E-state index in [9.17, 15) is 9.18 Å². The number of hydrogen-bond acceptors (Lipinski definition) is 2. The van der Waals surface area contributed by atoms with Crippen molar-refractivity contribution in [2.24, 2.45) is 5.41 Å². The van der Waals surface area contributed by atoms with Crippen LogP contribution in [0.3, 0.4) is 0 Å². The van der Waals surface area contributed by atoms with E-state index in [-0.39, 0.29) is 35.9 Å². The molecule has 0 bridgehead atoms. The first-order valence-corrected chi connectivity index (χ1v) is 6.61. The van der Waals surface area contributed by atoms with Gasteiger partial charge >= 0.3 is 0 Å². The smallest absolute Gasteiger partial charge is 0.238 e. The Labute approximate surface area is 113 Å². The van der Waals surface area contributed by atoms with E-state index in [1.165, 1.54) is 6.07 Å². The van der Waals surface area contributed by atoms with Crippen LogP contribution in [-0.4, -0.2) is 23.4 Å². The van der Waals surface area contributed by atoms with Crippen LogP contribution in [-0.2, 0) is 4.79 Å². The predicted octanol–water partition coefficient (Wildman–Crippen LogP) is 2.69. The van der Waals surface area contributed by atoms with Crippen LogP contribution in [0.2, 0.25) is 0 Å². The van der Waals surface area contributed by atoms with Crippen molar-refractivity contribution in [1.82, 2.24) is 10.2 Å². The fourth-order valence-corrected chi connectivity index (χ4v) is 2.33. The van der Waals surface area contributed by atoms with Gasteiger partial charge in [0.2, 0.25) is 5.91 Å². The van der Waals surface area contributed by atoms with E-state index in [1.807, 2.05) is 6.92 Å². The average molecular weight is 264 g/mol. The third kappa shape index (κ3) is 2.63. The highest BCUT2D eigenvalue weighted by atomic mass is 19.1. The zero-order valence-corrected chi connectivity index (χ0v) is 11.9. The number of hydrogen-bond donors (Lipinski definition) is 1. The van der Waals surface area contributed by atoms with Gasteiger partial charge in [-0.3, -0.25) is 10.1 Å². The number of rotatable bonds is 2. The molecule has 1 aromatic rings. The molecular weight excluding hydrogens is 243 g/mol. The van der Waals surface area contributed by atoms with Crippen LogP contribution in [0, 0.1) is 11.2 Å². The molecule has 0 saturated carbocycles. The van der Waals surface area contributed by atoms with Crippen molar-refractivity contribution in [3.8, 4) is 0 Å². The van der Waals surface area contributed by atoms with Crippen molar-refractivity contribution in [3.63, 3.8) is 0 Å². The summed E-state index contributed by atoms with van der Waals surface area (Å²) in [5.74, 6) is -0.253. The predicted molar refractivity (Wildman–Crippen MR) is 72.9 cm³/mol. The van der Waals surface area contributed by atoms with Gasteiger partial charge in [0.25, 0.3) is 0 Å². The lowest BCUT2D eigenvalue weighted by Crippen LogP contribution is -2.45. The number of amides is 1. The standard InChI is InChI=1S/C15H21FN2O/c1-10(15(2,3)4)18-13(19)9-17-14(18)11-7-5-6-8-12(11)16/h5-8,10,14,17H,9H2,1-4H3. The molecule has 2 atom stereocenters. The van der Waals surface area contributed by atoms with E-state index in [1.54, 1.807) is 23.1 Å².